The van der Waals surface area contributed by atoms with Gasteiger partial charge >= 0.3 is 0 Å². The Hall–Kier alpha value is -2.69. The van der Waals surface area contributed by atoms with Crippen LogP contribution in [0.4, 0.5) is 5.69 Å². The van der Waals surface area contributed by atoms with Crippen LogP contribution in [0.2, 0.25) is 10.0 Å². The Bertz CT molecular complexity index is 1260. The fourth-order valence-electron chi connectivity index (χ4n) is 4.73. The zero-order valence-electron chi connectivity index (χ0n) is 22.6. The molecule has 1 aliphatic carbocycles. The number of anilines is 1. The van der Waals surface area contributed by atoms with Gasteiger partial charge in [-0.3, -0.25) is 13.9 Å². The van der Waals surface area contributed by atoms with Gasteiger partial charge in [-0.1, -0.05) is 49.0 Å². The molecule has 0 aliphatic heterocycles. The number of benzene rings is 2. The van der Waals surface area contributed by atoms with Crippen molar-refractivity contribution in [3.05, 3.63) is 52.0 Å². The number of ether oxygens (including phenoxy) is 2. The van der Waals surface area contributed by atoms with E-state index in [2.05, 4.69) is 5.32 Å². The molecule has 1 saturated carbocycles. The van der Waals surface area contributed by atoms with E-state index in [1.165, 1.54) is 31.3 Å². The maximum Gasteiger partial charge on any atom is 0.244 e. The molecule has 2 aromatic rings. The number of rotatable bonds is 12. The molecule has 0 unspecified atom stereocenters. The Balaban J connectivity index is 1.99. The van der Waals surface area contributed by atoms with Gasteiger partial charge in [0.15, 0.2) is 11.5 Å². The summed E-state index contributed by atoms with van der Waals surface area (Å²) in [7, 11) is -1.02. The van der Waals surface area contributed by atoms with Crippen LogP contribution >= 0.6 is 23.2 Å². The van der Waals surface area contributed by atoms with E-state index in [4.69, 9.17) is 32.7 Å². The van der Waals surface area contributed by atoms with Crippen molar-refractivity contribution < 1.29 is 27.5 Å². The van der Waals surface area contributed by atoms with E-state index in [1.807, 2.05) is 0 Å². The number of hydrogen-bond donors (Lipinski definition) is 1. The minimum atomic E-state index is -3.91. The molecule has 1 atom stereocenters. The number of sulfonamides is 1. The van der Waals surface area contributed by atoms with E-state index in [9.17, 15) is 18.0 Å². The average molecular weight is 601 g/mol. The molecular weight excluding hydrogens is 565 g/mol. The molecule has 0 saturated heterocycles. The summed E-state index contributed by atoms with van der Waals surface area (Å²) < 4.78 is 37.3. The maximum absolute atomic E-state index is 13.9. The van der Waals surface area contributed by atoms with Crippen molar-refractivity contribution in [2.45, 2.75) is 57.7 Å². The third-order valence-corrected chi connectivity index (χ3v) is 8.66. The van der Waals surface area contributed by atoms with Gasteiger partial charge in [-0.2, -0.15) is 0 Å². The number of amides is 2. The highest BCUT2D eigenvalue weighted by atomic mass is 35.5. The zero-order valence-corrected chi connectivity index (χ0v) is 24.9. The largest absolute Gasteiger partial charge is 0.493 e. The summed E-state index contributed by atoms with van der Waals surface area (Å²) in [5.41, 5.74) is 0.681. The fourth-order valence-corrected chi connectivity index (χ4v) is 6.09. The molecule has 39 heavy (non-hydrogen) atoms. The summed E-state index contributed by atoms with van der Waals surface area (Å²) in [4.78, 5) is 28.7. The van der Waals surface area contributed by atoms with Gasteiger partial charge in [0.1, 0.15) is 12.6 Å². The van der Waals surface area contributed by atoms with Crippen LogP contribution in [0, 0.1) is 0 Å². The van der Waals surface area contributed by atoms with Gasteiger partial charge in [-0.15, -0.1) is 0 Å². The van der Waals surface area contributed by atoms with Crippen LogP contribution in [-0.4, -0.2) is 64.2 Å². The Kier molecular flexibility index (Phi) is 10.7. The molecule has 1 aliphatic rings. The van der Waals surface area contributed by atoms with Crippen molar-refractivity contribution in [1.82, 2.24) is 10.2 Å². The first kappa shape index (κ1) is 30.8. The maximum atomic E-state index is 13.9. The van der Waals surface area contributed by atoms with E-state index in [-0.39, 0.29) is 24.2 Å². The van der Waals surface area contributed by atoms with Gasteiger partial charge < -0.3 is 19.7 Å². The van der Waals surface area contributed by atoms with Gasteiger partial charge in [0.05, 0.1) is 26.2 Å². The lowest BCUT2D eigenvalue weighted by atomic mass is 10.1. The molecular formula is C27H35Cl2N3O6S. The van der Waals surface area contributed by atoms with Gasteiger partial charge in [-0.25, -0.2) is 8.42 Å². The third-order valence-electron chi connectivity index (χ3n) is 6.81. The predicted molar refractivity (Wildman–Crippen MR) is 153 cm³/mol. The molecule has 2 aromatic carbocycles. The molecule has 0 aromatic heterocycles. The number of methoxy groups -OCH3 is 2. The average Bonchev–Trinajstić information content (AvgIpc) is 3.40. The Morgan fingerprint density at radius 1 is 1.05 bits per heavy atom. The zero-order chi connectivity index (χ0) is 28.7. The van der Waals surface area contributed by atoms with Gasteiger partial charge in [0, 0.05) is 34.3 Å². The Morgan fingerprint density at radius 3 is 2.21 bits per heavy atom. The summed E-state index contributed by atoms with van der Waals surface area (Å²) in [6.45, 7) is 1.18. The van der Waals surface area contributed by atoms with Gasteiger partial charge in [0.25, 0.3) is 0 Å². The van der Waals surface area contributed by atoms with E-state index in [0.717, 1.165) is 36.2 Å². The third kappa shape index (κ3) is 7.70. The van der Waals surface area contributed by atoms with Crippen LogP contribution in [0.5, 0.6) is 11.5 Å². The van der Waals surface area contributed by atoms with Gasteiger partial charge in [-0.05, 0) is 43.5 Å². The summed E-state index contributed by atoms with van der Waals surface area (Å²) in [6.07, 6.45) is 5.15. The van der Waals surface area contributed by atoms with Crippen LogP contribution in [-0.2, 0) is 26.2 Å². The van der Waals surface area contributed by atoms with Crippen molar-refractivity contribution in [2.24, 2.45) is 0 Å². The molecule has 1 fully saturated rings. The normalized spacial score (nSPS) is 14.5. The summed E-state index contributed by atoms with van der Waals surface area (Å²) in [6, 6.07) is 8.73. The highest BCUT2D eigenvalue weighted by Crippen LogP contribution is 2.33. The van der Waals surface area contributed by atoms with Gasteiger partial charge in [0.2, 0.25) is 21.8 Å². The van der Waals surface area contributed by atoms with Crippen molar-refractivity contribution >= 4 is 50.7 Å². The molecule has 12 heteroatoms. The van der Waals surface area contributed by atoms with Crippen molar-refractivity contribution in [3.8, 4) is 11.5 Å². The summed E-state index contributed by atoms with van der Waals surface area (Å²) in [5, 5.41) is 3.74. The molecule has 3 rings (SSSR count). The molecule has 1 N–H and O–H groups in total. The smallest absolute Gasteiger partial charge is 0.244 e. The lowest BCUT2D eigenvalue weighted by molar-refractivity contribution is -0.140. The first-order valence-corrected chi connectivity index (χ1v) is 15.3. The van der Waals surface area contributed by atoms with Crippen LogP contribution in [0.15, 0.2) is 36.4 Å². The number of carbonyl (C=O) groups excluding carboxylic acids is 2. The topological polar surface area (TPSA) is 105 Å². The van der Waals surface area contributed by atoms with E-state index >= 15 is 0 Å². The SMILES string of the molecule is CC[C@H](C(=O)NC1CCCC1)N(Cc1c(Cl)cccc1Cl)C(=O)CN(c1ccc(OC)c(OC)c1)S(C)(=O)=O. The van der Waals surface area contributed by atoms with Crippen LogP contribution in [0.25, 0.3) is 0 Å². The molecule has 0 spiro atoms. The number of halogens is 2. The highest BCUT2D eigenvalue weighted by molar-refractivity contribution is 7.92. The second-order valence-corrected chi connectivity index (χ2v) is 12.2. The van der Waals surface area contributed by atoms with E-state index in [1.54, 1.807) is 31.2 Å². The van der Waals surface area contributed by atoms with Crippen LogP contribution < -0.4 is 19.1 Å². The van der Waals surface area contributed by atoms with Crippen LogP contribution in [0.3, 0.4) is 0 Å². The van der Waals surface area contributed by atoms with Crippen LogP contribution in [0.1, 0.15) is 44.6 Å². The van der Waals surface area contributed by atoms with E-state index in [0.29, 0.717) is 33.5 Å². The lowest BCUT2D eigenvalue weighted by Gasteiger charge is -2.34. The molecule has 214 valence electrons. The molecule has 0 heterocycles. The van der Waals surface area contributed by atoms with Crippen molar-refractivity contribution in [3.63, 3.8) is 0 Å². The Labute approximate surface area is 240 Å². The molecule has 2 amide bonds. The predicted octanol–water partition coefficient (Wildman–Crippen LogP) is 4.64. The molecule has 9 nitrogen and oxygen atoms in total. The Morgan fingerprint density at radius 2 is 1.67 bits per heavy atom. The number of hydrogen-bond acceptors (Lipinski definition) is 6. The monoisotopic (exact) mass is 599 g/mol. The number of carbonyl (C=O) groups is 2. The van der Waals surface area contributed by atoms with Crippen molar-refractivity contribution in [2.75, 3.05) is 31.3 Å². The fraction of sp³-hybridized carbons (Fsp3) is 0.481. The first-order valence-electron chi connectivity index (χ1n) is 12.7. The second-order valence-electron chi connectivity index (χ2n) is 9.44. The first-order chi connectivity index (χ1) is 18.5. The minimum Gasteiger partial charge on any atom is -0.493 e. The second kappa shape index (κ2) is 13.6. The quantitative estimate of drug-likeness (QED) is 0.381. The van der Waals surface area contributed by atoms with Crippen molar-refractivity contribution in [1.29, 1.82) is 0 Å². The lowest BCUT2D eigenvalue weighted by Crippen LogP contribution is -2.53. The number of nitrogens with zero attached hydrogens (tertiary/aromatic N) is 2. The highest BCUT2D eigenvalue weighted by Gasteiger charge is 2.34. The minimum absolute atomic E-state index is 0.0479. The standard InChI is InChI=1S/C27H35Cl2N3O6S/c1-5-23(27(34)30-18-9-6-7-10-18)31(16-20-21(28)11-8-12-22(20)29)26(33)17-32(39(4,35)36)19-13-14-24(37-2)25(15-19)38-3/h8,11-15,18,23H,5-7,9-10,16-17H2,1-4H3,(H,30,34)/t23-/m1/s1. The number of nitrogens with one attached hydrogen (secondary N) is 1. The molecule has 0 radical (unpaired) electrons. The summed E-state index contributed by atoms with van der Waals surface area (Å²) >= 11 is 12.8. The summed E-state index contributed by atoms with van der Waals surface area (Å²) in [5.74, 6) is -0.165. The molecule has 0 bridgehead atoms. The van der Waals surface area contributed by atoms with E-state index < -0.39 is 28.5 Å².